The summed E-state index contributed by atoms with van der Waals surface area (Å²) >= 11 is 0. The third-order valence-corrected chi connectivity index (χ3v) is 5.37. The Balaban J connectivity index is 1.58. The van der Waals surface area contributed by atoms with Gasteiger partial charge in [0, 0.05) is 28.9 Å². The second kappa shape index (κ2) is 7.91. The number of fused-ring (bicyclic) bond motifs is 1. The molecule has 6 heteroatoms. The van der Waals surface area contributed by atoms with Crippen molar-refractivity contribution in [3.8, 4) is 0 Å². The molecule has 1 amide bonds. The predicted molar refractivity (Wildman–Crippen MR) is 113 cm³/mol. The molecule has 0 saturated heterocycles. The highest BCUT2D eigenvalue weighted by Gasteiger charge is 2.28. The molecule has 0 unspecified atom stereocenters. The molecule has 1 heterocycles. The molecular formula is C24H20N2O4. The molecule has 1 atom stereocenters. The van der Waals surface area contributed by atoms with E-state index in [2.05, 4.69) is 10.3 Å². The van der Waals surface area contributed by atoms with Gasteiger partial charge in [-0.25, -0.2) is 0 Å². The molecule has 6 nitrogen and oxygen atoms in total. The number of hydrogen-bond acceptors (Lipinski definition) is 4. The number of benzene rings is 2. The van der Waals surface area contributed by atoms with E-state index in [9.17, 15) is 19.2 Å². The lowest BCUT2D eigenvalue weighted by Crippen LogP contribution is -2.29. The zero-order valence-electron chi connectivity index (χ0n) is 16.4. The van der Waals surface area contributed by atoms with Crippen LogP contribution in [0.25, 0.3) is 0 Å². The van der Waals surface area contributed by atoms with Crippen molar-refractivity contribution in [3.05, 3.63) is 99.0 Å². The zero-order valence-corrected chi connectivity index (χ0v) is 16.4. The number of H-pyrrole nitrogens is 1. The average molecular weight is 400 g/mol. The van der Waals surface area contributed by atoms with Crippen molar-refractivity contribution in [3.63, 3.8) is 0 Å². The fourth-order valence-electron chi connectivity index (χ4n) is 3.75. The minimum atomic E-state index is -0.604. The van der Waals surface area contributed by atoms with Crippen LogP contribution in [0.1, 0.15) is 61.6 Å². The van der Waals surface area contributed by atoms with Crippen molar-refractivity contribution in [1.29, 1.82) is 0 Å². The number of amides is 1. The summed E-state index contributed by atoms with van der Waals surface area (Å²) in [6.07, 6.45) is 0.866. The number of aromatic nitrogens is 1. The summed E-state index contributed by atoms with van der Waals surface area (Å²) in [5, 5.41) is 2.64. The first-order chi connectivity index (χ1) is 14.4. The summed E-state index contributed by atoms with van der Waals surface area (Å²) in [5.74, 6) is -0.776. The van der Waals surface area contributed by atoms with Crippen LogP contribution in [0, 0.1) is 0 Å². The molecule has 0 aliphatic heterocycles. The van der Waals surface area contributed by atoms with E-state index >= 15 is 0 Å². The molecule has 0 spiro atoms. The molecule has 0 bridgehead atoms. The van der Waals surface area contributed by atoms with Crippen LogP contribution in [0.2, 0.25) is 0 Å². The first-order valence-corrected chi connectivity index (χ1v) is 9.69. The predicted octanol–water partition coefficient (Wildman–Crippen LogP) is 3.74. The van der Waals surface area contributed by atoms with Gasteiger partial charge in [0.1, 0.15) is 5.56 Å². The molecule has 1 aliphatic rings. The van der Waals surface area contributed by atoms with Gasteiger partial charge in [-0.3, -0.25) is 19.2 Å². The Morgan fingerprint density at radius 2 is 1.67 bits per heavy atom. The second-order valence-corrected chi connectivity index (χ2v) is 7.43. The van der Waals surface area contributed by atoms with E-state index in [4.69, 9.17) is 0 Å². The number of carbonyl (C=O) groups is 3. The molecule has 0 radical (unpaired) electrons. The number of anilines is 1. The average Bonchev–Trinajstić information content (AvgIpc) is 2.74. The summed E-state index contributed by atoms with van der Waals surface area (Å²) in [6.45, 7) is 1.46. The van der Waals surface area contributed by atoms with E-state index in [1.54, 1.807) is 24.3 Å². The van der Waals surface area contributed by atoms with Gasteiger partial charge in [-0.15, -0.1) is 0 Å². The molecule has 30 heavy (non-hydrogen) atoms. The van der Waals surface area contributed by atoms with Crippen LogP contribution in [0.4, 0.5) is 5.69 Å². The van der Waals surface area contributed by atoms with Crippen LogP contribution in [0.3, 0.4) is 0 Å². The van der Waals surface area contributed by atoms with Gasteiger partial charge in [0.15, 0.2) is 11.6 Å². The summed E-state index contributed by atoms with van der Waals surface area (Å²) in [4.78, 5) is 52.0. The largest absolute Gasteiger partial charge is 0.325 e. The number of ketones is 2. The van der Waals surface area contributed by atoms with Crippen LogP contribution in [-0.4, -0.2) is 22.5 Å². The van der Waals surface area contributed by atoms with Gasteiger partial charge in [0.2, 0.25) is 0 Å². The number of pyridine rings is 1. The topological polar surface area (TPSA) is 96.1 Å². The maximum Gasteiger partial charge on any atom is 0.261 e. The van der Waals surface area contributed by atoms with Gasteiger partial charge < -0.3 is 10.3 Å². The highest BCUT2D eigenvalue weighted by Crippen LogP contribution is 2.31. The minimum Gasteiger partial charge on any atom is -0.325 e. The number of nitrogens with one attached hydrogen (secondary N) is 2. The number of carbonyl (C=O) groups excluding carboxylic acids is 3. The number of hydrogen-bond donors (Lipinski definition) is 2. The molecule has 0 fully saturated rings. The molecule has 1 aromatic heterocycles. The van der Waals surface area contributed by atoms with E-state index in [-0.39, 0.29) is 23.0 Å². The Morgan fingerprint density at radius 1 is 0.967 bits per heavy atom. The first-order valence-electron chi connectivity index (χ1n) is 9.69. The van der Waals surface area contributed by atoms with Crippen molar-refractivity contribution < 1.29 is 14.4 Å². The van der Waals surface area contributed by atoms with Gasteiger partial charge in [-0.1, -0.05) is 30.3 Å². The number of Topliss-reactive ketones (excluding diaryl/α,β-unsaturated/α-hetero) is 2. The third kappa shape index (κ3) is 3.85. The lowest BCUT2D eigenvalue weighted by Gasteiger charge is -2.24. The van der Waals surface area contributed by atoms with Crippen LogP contribution >= 0.6 is 0 Å². The van der Waals surface area contributed by atoms with E-state index in [1.165, 1.54) is 13.0 Å². The van der Waals surface area contributed by atoms with Crippen molar-refractivity contribution in [2.45, 2.75) is 25.7 Å². The third-order valence-electron chi connectivity index (χ3n) is 5.37. The smallest absolute Gasteiger partial charge is 0.261 e. The van der Waals surface area contributed by atoms with Gasteiger partial charge in [0.05, 0.1) is 0 Å². The lowest BCUT2D eigenvalue weighted by molar-refractivity contribution is 0.0961. The van der Waals surface area contributed by atoms with Gasteiger partial charge in [-0.2, -0.15) is 0 Å². The Labute approximate surface area is 173 Å². The summed E-state index contributed by atoms with van der Waals surface area (Å²) in [7, 11) is 0. The molecule has 150 valence electrons. The standard InChI is InChI=1S/C24H20N2O4/c1-14(27)15-7-9-18(10-8-15)25-23(29)20-13-19-21(26-24(20)30)11-17(12-22(19)28)16-5-3-2-4-6-16/h2-10,13,17H,11-12H2,1H3,(H,25,29)(H,26,30)/t17-/m0/s1. The highest BCUT2D eigenvalue weighted by atomic mass is 16.2. The molecule has 2 N–H and O–H groups in total. The van der Waals surface area contributed by atoms with Gasteiger partial charge in [0.25, 0.3) is 11.5 Å². The van der Waals surface area contributed by atoms with Crippen LogP contribution in [0.5, 0.6) is 0 Å². The fourth-order valence-corrected chi connectivity index (χ4v) is 3.75. The Morgan fingerprint density at radius 3 is 2.33 bits per heavy atom. The quantitative estimate of drug-likeness (QED) is 0.652. The zero-order chi connectivity index (χ0) is 21.3. The van der Waals surface area contributed by atoms with Crippen molar-refractivity contribution in [2.24, 2.45) is 0 Å². The van der Waals surface area contributed by atoms with Gasteiger partial charge in [-0.05, 0) is 55.2 Å². The molecule has 4 rings (SSSR count). The lowest BCUT2D eigenvalue weighted by atomic mass is 9.81. The molecular weight excluding hydrogens is 380 g/mol. The summed E-state index contributed by atoms with van der Waals surface area (Å²) in [5.41, 5.74) is 2.33. The van der Waals surface area contributed by atoms with Crippen LogP contribution in [-0.2, 0) is 6.42 Å². The SMILES string of the molecule is CC(=O)c1ccc(NC(=O)c2cc3c([nH]c2=O)C[C@H](c2ccccc2)CC3=O)cc1. The van der Waals surface area contributed by atoms with Crippen LogP contribution in [0.15, 0.2) is 65.5 Å². The maximum absolute atomic E-state index is 12.7. The Hall–Kier alpha value is -3.80. The first kappa shape index (κ1) is 19.5. The van der Waals surface area contributed by atoms with Crippen molar-refractivity contribution >= 4 is 23.2 Å². The normalized spacial score (nSPS) is 15.4. The van der Waals surface area contributed by atoms with Crippen molar-refractivity contribution in [1.82, 2.24) is 4.98 Å². The maximum atomic E-state index is 12.7. The molecule has 1 aliphatic carbocycles. The molecule has 2 aromatic carbocycles. The van der Waals surface area contributed by atoms with Crippen LogP contribution < -0.4 is 10.9 Å². The van der Waals surface area contributed by atoms with E-state index in [0.717, 1.165) is 5.56 Å². The number of aromatic amines is 1. The fraction of sp³-hybridized carbons (Fsp3) is 0.167. The summed E-state index contributed by atoms with van der Waals surface area (Å²) in [6, 6.07) is 17.5. The molecule has 3 aromatic rings. The molecule has 0 saturated carbocycles. The van der Waals surface area contributed by atoms with E-state index in [0.29, 0.717) is 35.3 Å². The Kier molecular flexibility index (Phi) is 5.14. The second-order valence-electron chi connectivity index (χ2n) is 7.43. The monoisotopic (exact) mass is 400 g/mol. The highest BCUT2D eigenvalue weighted by molar-refractivity contribution is 6.07. The van der Waals surface area contributed by atoms with E-state index in [1.807, 2.05) is 30.3 Å². The van der Waals surface area contributed by atoms with Gasteiger partial charge >= 0.3 is 0 Å². The summed E-state index contributed by atoms with van der Waals surface area (Å²) < 4.78 is 0. The minimum absolute atomic E-state index is 0.00122. The van der Waals surface area contributed by atoms with E-state index < -0.39 is 11.5 Å². The van der Waals surface area contributed by atoms with Crippen molar-refractivity contribution in [2.75, 3.05) is 5.32 Å². The number of rotatable bonds is 4. The Bertz CT molecular complexity index is 1190.